The number of nitrogens with zero attached hydrogens (tertiary/aromatic N) is 1. The van der Waals surface area contributed by atoms with Crippen molar-refractivity contribution in [2.24, 2.45) is 0 Å². The molecular weight excluding hydrogens is 260 g/mol. The van der Waals surface area contributed by atoms with Gasteiger partial charge in [0.2, 0.25) is 0 Å². The van der Waals surface area contributed by atoms with E-state index in [0.29, 0.717) is 6.54 Å². The van der Waals surface area contributed by atoms with Gasteiger partial charge >= 0.3 is 0 Å². The first kappa shape index (κ1) is 15.7. The first-order chi connectivity index (χ1) is 10.1. The molecular formula is C18H24N2O. The Morgan fingerprint density at radius 3 is 2.67 bits per heavy atom. The summed E-state index contributed by atoms with van der Waals surface area (Å²) in [6.07, 6.45) is 4.00. The van der Waals surface area contributed by atoms with Crippen LogP contribution in [0.5, 0.6) is 0 Å². The zero-order valence-corrected chi connectivity index (χ0v) is 13.0. The van der Waals surface area contributed by atoms with E-state index in [4.69, 9.17) is 0 Å². The van der Waals surface area contributed by atoms with E-state index in [-0.39, 0.29) is 6.04 Å². The Kier molecular flexibility index (Phi) is 5.48. The molecule has 2 atom stereocenters. The number of hydrogen-bond donors (Lipinski definition) is 2. The van der Waals surface area contributed by atoms with Crippen molar-refractivity contribution in [2.45, 2.75) is 45.9 Å². The summed E-state index contributed by atoms with van der Waals surface area (Å²) in [5, 5.41) is 14.1. The SMILES string of the molecule is CCC(NCc1cccnc1)C(O)c1ccc(C)cc1C. The van der Waals surface area contributed by atoms with Gasteiger partial charge in [-0.1, -0.05) is 36.8 Å². The molecule has 3 nitrogen and oxygen atoms in total. The van der Waals surface area contributed by atoms with Crippen LogP contribution in [0.15, 0.2) is 42.7 Å². The molecule has 0 aliphatic rings. The van der Waals surface area contributed by atoms with E-state index in [2.05, 4.69) is 43.2 Å². The Bertz CT molecular complexity index is 569. The Labute approximate surface area is 127 Å². The van der Waals surface area contributed by atoms with Crippen LogP contribution in [0.25, 0.3) is 0 Å². The molecule has 0 bridgehead atoms. The third-order valence-corrected chi connectivity index (χ3v) is 3.86. The average molecular weight is 284 g/mol. The number of hydrogen-bond acceptors (Lipinski definition) is 3. The van der Waals surface area contributed by atoms with Crippen molar-refractivity contribution in [3.8, 4) is 0 Å². The number of aromatic nitrogens is 1. The molecule has 0 radical (unpaired) electrons. The van der Waals surface area contributed by atoms with Gasteiger partial charge in [0.05, 0.1) is 6.10 Å². The van der Waals surface area contributed by atoms with Crippen molar-refractivity contribution in [3.05, 3.63) is 65.0 Å². The Morgan fingerprint density at radius 2 is 2.05 bits per heavy atom. The van der Waals surface area contributed by atoms with Crippen LogP contribution in [-0.2, 0) is 6.54 Å². The van der Waals surface area contributed by atoms with Gasteiger partial charge < -0.3 is 10.4 Å². The van der Waals surface area contributed by atoms with E-state index in [1.165, 1.54) is 5.56 Å². The third-order valence-electron chi connectivity index (χ3n) is 3.86. The van der Waals surface area contributed by atoms with Crippen LogP contribution in [0, 0.1) is 13.8 Å². The van der Waals surface area contributed by atoms with Crippen LogP contribution in [-0.4, -0.2) is 16.1 Å². The molecule has 0 spiro atoms. The van der Waals surface area contributed by atoms with Crippen LogP contribution < -0.4 is 5.32 Å². The second kappa shape index (κ2) is 7.34. The summed E-state index contributed by atoms with van der Waals surface area (Å²) in [5.41, 5.74) is 4.50. The fraction of sp³-hybridized carbons (Fsp3) is 0.389. The van der Waals surface area contributed by atoms with Gasteiger partial charge in [0.25, 0.3) is 0 Å². The number of aryl methyl sites for hydroxylation is 2. The monoisotopic (exact) mass is 284 g/mol. The molecule has 21 heavy (non-hydrogen) atoms. The Morgan fingerprint density at radius 1 is 1.24 bits per heavy atom. The minimum atomic E-state index is -0.493. The minimum Gasteiger partial charge on any atom is -0.387 e. The van der Waals surface area contributed by atoms with Gasteiger partial charge in [-0.3, -0.25) is 4.98 Å². The van der Waals surface area contributed by atoms with Crippen molar-refractivity contribution >= 4 is 0 Å². The van der Waals surface area contributed by atoms with Gasteiger partial charge in [-0.2, -0.15) is 0 Å². The summed E-state index contributed by atoms with van der Waals surface area (Å²) >= 11 is 0. The summed E-state index contributed by atoms with van der Waals surface area (Å²) in [4.78, 5) is 4.11. The number of aliphatic hydroxyl groups is 1. The standard InChI is InChI=1S/C18H24N2O/c1-4-17(20-12-15-6-5-9-19-11-15)18(21)16-8-7-13(2)10-14(16)3/h5-11,17-18,20-21H,4,12H2,1-3H3. The van der Waals surface area contributed by atoms with Gasteiger partial charge in [-0.25, -0.2) is 0 Å². The lowest BCUT2D eigenvalue weighted by Crippen LogP contribution is -2.34. The molecule has 0 saturated carbocycles. The maximum atomic E-state index is 10.7. The Balaban J connectivity index is 2.06. The first-order valence-corrected chi connectivity index (χ1v) is 7.49. The van der Waals surface area contributed by atoms with Crippen LogP contribution in [0.3, 0.4) is 0 Å². The molecule has 2 aromatic rings. The van der Waals surface area contributed by atoms with Crippen molar-refractivity contribution in [2.75, 3.05) is 0 Å². The van der Waals surface area contributed by atoms with E-state index in [0.717, 1.165) is 23.1 Å². The zero-order chi connectivity index (χ0) is 15.2. The van der Waals surface area contributed by atoms with E-state index in [1.807, 2.05) is 24.4 Å². The van der Waals surface area contributed by atoms with E-state index < -0.39 is 6.10 Å². The molecule has 0 aliphatic heterocycles. The molecule has 0 amide bonds. The molecule has 0 fully saturated rings. The predicted octanol–water partition coefficient (Wildman–Crippen LogP) is 3.30. The van der Waals surface area contributed by atoms with Gasteiger partial charge in [-0.05, 0) is 43.0 Å². The molecule has 2 rings (SSSR count). The molecule has 3 heteroatoms. The fourth-order valence-corrected chi connectivity index (χ4v) is 2.61. The van der Waals surface area contributed by atoms with Gasteiger partial charge in [0.15, 0.2) is 0 Å². The van der Waals surface area contributed by atoms with Crippen molar-refractivity contribution < 1.29 is 5.11 Å². The fourth-order valence-electron chi connectivity index (χ4n) is 2.61. The molecule has 0 aliphatic carbocycles. The van der Waals surface area contributed by atoms with Crippen LogP contribution in [0.2, 0.25) is 0 Å². The van der Waals surface area contributed by atoms with Crippen molar-refractivity contribution in [1.82, 2.24) is 10.3 Å². The van der Waals surface area contributed by atoms with Crippen LogP contribution in [0.4, 0.5) is 0 Å². The molecule has 0 saturated heterocycles. The highest BCUT2D eigenvalue weighted by atomic mass is 16.3. The second-order valence-corrected chi connectivity index (χ2v) is 5.56. The highest BCUT2D eigenvalue weighted by Gasteiger charge is 2.20. The molecule has 112 valence electrons. The maximum absolute atomic E-state index is 10.7. The second-order valence-electron chi connectivity index (χ2n) is 5.56. The summed E-state index contributed by atoms with van der Waals surface area (Å²) in [5.74, 6) is 0. The minimum absolute atomic E-state index is 0.0339. The first-order valence-electron chi connectivity index (χ1n) is 7.49. The highest BCUT2D eigenvalue weighted by Crippen LogP contribution is 2.23. The third kappa shape index (κ3) is 4.13. The van der Waals surface area contributed by atoms with Crippen LogP contribution in [0.1, 0.15) is 41.7 Å². The number of benzene rings is 1. The maximum Gasteiger partial charge on any atom is 0.0945 e. The number of rotatable bonds is 6. The summed E-state index contributed by atoms with van der Waals surface area (Å²) in [6.45, 7) is 6.93. The summed E-state index contributed by atoms with van der Waals surface area (Å²) < 4.78 is 0. The molecule has 2 unspecified atom stereocenters. The highest BCUT2D eigenvalue weighted by molar-refractivity contribution is 5.32. The topological polar surface area (TPSA) is 45.2 Å². The average Bonchev–Trinajstić information content (AvgIpc) is 2.48. The largest absolute Gasteiger partial charge is 0.387 e. The van der Waals surface area contributed by atoms with Gasteiger partial charge in [-0.15, -0.1) is 0 Å². The molecule has 1 aromatic carbocycles. The quantitative estimate of drug-likeness (QED) is 0.855. The van der Waals surface area contributed by atoms with E-state index in [9.17, 15) is 5.11 Å². The Hall–Kier alpha value is -1.71. The number of nitrogens with one attached hydrogen (secondary N) is 1. The normalized spacial score (nSPS) is 13.9. The van der Waals surface area contributed by atoms with Crippen LogP contribution >= 0.6 is 0 Å². The number of aliphatic hydroxyl groups excluding tert-OH is 1. The smallest absolute Gasteiger partial charge is 0.0945 e. The van der Waals surface area contributed by atoms with Gasteiger partial charge in [0.1, 0.15) is 0 Å². The molecule has 1 heterocycles. The lowest BCUT2D eigenvalue weighted by Gasteiger charge is -2.25. The van der Waals surface area contributed by atoms with E-state index >= 15 is 0 Å². The zero-order valence-electron chi connectivity index (χ0n) is 13.0. The summed E-state index contributed by atoms with van der Waals surface area (Å²) in [7, 11) is 0. The number of pyridine rings is 1. The van der Waals surface area contributed by atoms with Crippen molar-refractivity contribution in [3.63, 3.8) is 0 Å². The summed E-state index contributed by atoms with van der Waals surface area (Å²) in [6, 6.07) is 10.2. The lowest BCUT2D eigenvalue weighted by molar-refractivity contribution is 0.124. The van der Waals surface area contributed by atoms with E-state index in [1.54, 1.807) is 6.20 Å². The van der Waals surface area contributed by atoms with Gasteiger partial charge in [0, 0.05) is 25.0 Å². The molecule has 1 aromatic heterocycles. The van der Waals surface area contributed by atoms with Crippen molar-refractivity contribution in [1.29, 1.82) is 0 Å². The predicted molar refractivity (Wildman–Crippen MR) is 86.0 cm³/mol. The lowest BCUT2D eigenvalue weighted by atomic mass is 9.95. The molecule has 2 N–H and O–H groups in total.